The Kier molecular flexibility index (Phi) is 4.50. The minimum absolute atomic E-state index is 0.112. The van der Waals surface area contributed by atoms with Gasteiger partial charge in [0.25, 0.3) is 0 Å². The molecule has 0 bridgehead atoms. The lowest BCUT2D eigenvalue weighted by Gasteiger charge is -2.12. The molecule has 1 aromatic heterocycles. The number of nitrogens with one attached hydrogen (secondary N) is 1. The Morgan fingerprint density at radius 3 is 2.67 bits per heavy atom. The van der Waals surface area contributed by atoms with Crippen LogP contribution < -0.4 is 5.32 Å². The standard InChI is InChI=1S/C15H18FNS/c1-11-7-8-15(18-11)12(2)17-10-9-13-5-3-4-6-14(13)16/h3-8,12,17H,9-10H2,1-2H3. The first-order valence-electron chi connectivity index (χ1n) is 6.20. The van der Waals surface area contributed by atoms with Gasteiger partial charge in [0.15, 0.2) is 0 Å². The van der Waals surface area contributed by atoms with Gasteiger partial charge in [0.05, 0.1) is 0 Å². The summed E-state index contributed by atoms with van der Waals surface area (Å²) >= 11 is 1.81. The van der Waals surface area contributed by atoms with Crippen molar-refractivity contribution in [2.75, 3.05) is 6.54 Å². The third-order valence-electron chi connectivity index (χ3n) is 2.99. The van der Waals surface area contributed by atoms with Crippen LogP contribution in [0.25, 0.3) is 0 Å². The first kappa shape index (κ1) is 13.2. The molecule has 3 heteroatoms. The number of hydrogen-bond donors (Lipinski definition) is 1. The topological polar surface area (TPSA) is 12.0 Å². The first-order chi connectivity index (χ1) is 8.66. The van der Waals surface area contributed by atoms with Crippen LogP contribution in [-0.2, 0) is 6.42 Å². The SMILES string of the molecule is Cc1ccc(C(C)NCCc2ccccc2F)s1. The molecule has 1 unspecified atom stereocenters. The molecule has 0 aliphatic rings. The first-order valence-corrected chi connectivity index (χ1v) is 7.01. The fourth-order valence-corrected chi connectivity index (χ4v) is 2.82. The van der Waals surface area contributed by atoms with E-state index >= 15 is 0 Å². The maximum absolute atomic E-state index is 13.4. The summed E-state index contributed by atoms with van der Waals surface area (Å²) in [4.78, 5) is 2.66. The molecule has 1 N–H and O–H groups in total. The molecule has 2 aromatic rings. The van der Waals surface area contributed by atoms with Gasteiger partial charge in [0.2, 0.25) is 0 Å². The highest BCUT2D eigenvalue weighted by molar-refractivity contribution is 7.12. The molecule has 0 amide bonds. The average molecular weight is 263 g/mol. The Bertz CT molecular complexity index is 507. The van der Waals surface area contributed by atoms with E-state index in [4.69, 9.17) is 0 Å². The van der Waals surface area contributed by atoms with Crippen molar-refractivity contribution in [1.82, 2.24) is 5.32 Å². The highest BCUT2D eigenvalue weighted by Gasteiger charge is 2.07. The van der Waals surface area contributed by atoms with Crippen molar-refractivity contribution < 1.29 is 4.39 Å². The molecule has 0 aliphatic carbocycles. The zero-order chi connectivity index (χ0) is 13.0. The Morgan fingerprint density at radius 2 is 2.00 bits per heavy atom. The number of rotatable bonds is 5. The van der Waals surface area contributed by atoms with Crippen LogP contribution in [0.2, 0.25) is 0 Å². The molecule has 18 heavy (non-hydrogen) atoms. The van der Waals surface area contributed by atoms with E-state index in [1.54, 1.807) is 6.07 Å². The molecule has 1 aromatic carbocycles. The summed E-state index contributed by atoms with van der Waals surface area (Å²) < 4.78 is 13.4. The quantitative estimate of drug-likeness (QED) is 0.856. The Morgan fingerprint density at radius 1 is 1.22 bits per heavy atom. The van der Waals surface area contributed by atoms with E-state index in [-0.39, 0.29) is 5.82 Å². The van der Waals surface area contributed by atoms with Gasteiger partial charge in [0.1, 0.15) is 5.82 Å². The summed E-state index contributed by atoms with van der Waals surface area (Å²) in [7, 11) is 0. The van der Waals surface area contributed by atoms with E-state index in [1.807, 2.05) is 23.5 Å². The van der Waals surface area contributed by atoms with Crippen molar-refractivity contribution in [2.24, 2.45) is 0 Å². The van der Waals surface area contributed by atoms with Crippen LogP contribution in [-0.4, -0.2) is 6.54 Å². The number of thiophene rings is 1. The number of halogens is 1. The van der Waals surface area contributed by atoms with E-state index in [9.17, 15) is 4.39 Å². The van der Waals surface area contributed by atoms with Crippen molar-refractivity contribution in [3.63, 3.8) is 0 Å². The van der Waals surface area contributed by atoms with Crippen molar-refractivity contribution in [1.29, 1.82) is 0 Å². The molecule has 0 spiro atoms. The van der Waals surface area contributed by atoms with Gasteiger partial charge in [-0.1, -0.05) is 18.2 Å². The molecule has 0 saturated carbocycles. The summed E-state index contributed by atoms with van der Waals surface area (Å²) in [6, 6.07) is 11.6. The van der Waals surface area contributed by atoms with Gasteiger partial charge >= 0.3 is 0 Å². The predicted octanol–water partition coefficient (Wildman–Crippen LogP) is 4.09. The smallest absolute Gasteiger partial charge is 0.126 e. The van der Waals surface area contributed by atoms with Crippen LogP contribution in [0.5, 0.6) is 0 Å². The van der Waals surface area contributed by atoms with Crippen molar-refractivity contribution in [3.05, 3.63) is 57.5 Å². The van der Waals surface area contributed by atoms with E-state index in [0.29, 0.717) is 6.04 Å². The van der Waals surface area contributed by atoms with Crippen molar-refractivity contribution in [3.8, 4) is 0 Å². The lowest BCUT2D eigenvalue weighted by Crippen LogP contribution is -2.20. The van der Waals surface area contributed by atoms with Gasteiger partial charge in [0, 0.05) is 15.8 Å². The average Bonchev–Trinajstić information content (AvgIpc) is 2.78. The Labute approximate surface area is 112 Å². The number of aryl methyl sites for hydroxylation is 1. The molecule has 1 nitrogen and oxygen atoms in total. The summed E-state index contributed by atoms with van der Waals surface area (Å²) in [5.41, 5.74) is 0.777. The minimum Gasteiger partial charge on any atom is -0.309 e. The summed E-state index contributed by atoms with van der Waals surface area (Å²) in [6.45, 7) is 5.05. The Hall–Kier alpha value is -1.19. The molecule has 2 rings (SSSR count). The molecule has 0 aliphatic heterocycles. The second kappa shape index (κ2) is 6.12. The van der Waals surface area contributed by atoms with Crippen LogP contribution in [0.15, 0.2) is 36.4 Å². The molecule has 1 atom stereocenters. The third-order valence-corrected chi connectivity index (χ3v) is 4.17. The van der Waals surface area contributed by atoms with E-state index in [0.717, 1.165) is 18.5 Å². The second-order valence-corrected chi connectivity index (χ2v) is 5.79. The highest BCUT2D eigenvalue weighted by atomic mass is 32.1. The van der Waals surface area contributed by atoms with Crippen molar-refractivity contribution in [2.45, 2.75) is 26.3 Å². The van der Waals surface area contributed by atoms with Gasteiger partial charge < -0.3 is 5.32 Å². The lowest BCUT2D eigenvalue weighted by molar-refractivity contribution is 0.564. The zero-order valence-corrected chi connectivity index (χ0v) is 11.6. The monoisotopic (exact) mass is 263 g/mol. The van der Waals surface area contributed by atoms with Gasteiger partial charge in [-0.3, -0.25) is 0 Å². The Balaban J connectivity index is 1.84. The normalized spacial score (nSPS) is 12.6. The van der Waals surface area contributed by atoms with Crippen LogP contribution in [0.3, 0.4) is 0 Å². The number of hydrogen-bond acceptors (Lipinski definition) is 2. The van der Waals surface area contributed by atoms with E-state index < -0.39 is 0 Å². The summed E-state index contributed by atoms with van der Waals surface area (Å²) in [5.74, 6) is -0.112. The molecule has 0 saturated heterocycles. The predicted molar refractivity (Wildman–Crippen MR) is 75.6 cm³/mol. The second-order valence-electron chi connectivity index (χ2n) is 4.47. The molecular formula is C15H18FNS. The van der Waals surface area contributed by atoms with Crippen LogP contribution in [0.4, 0.5) is 4.39 Å². The molecule has 96 valence electrons. The molecule has 0 fully saturated rings. The van der Waals surface area contributed by atoms with Gasteiger partial charge in [-0.05, 0) is 50.6 Å². The largest absolute Gasteiger partial charge is 0.309 e. The third kappa shape index (κ3) is 3.40. The maximum Gasteiger partial charge on any atom is 0.126 e. The van der Waals surface area contributed by atoms with Crippen LogP contribution in [0, 0.1) is 12.7 Å². The number of benzene rings is 1. The zero-order valence-electron chi connectivity index (χ0n) is 10.7. The summed E-state index contributed by atoms with van der Waals surface area (Å²) in [5, 5.41) is 3.43. The van der Waals surface area contributed by atoms with Crippen molar-refractivity contribution >= 4 is 11.3 Å². The van der Waals surface area contributed by atoms with Crippen LogP contribution >= 0.6 is 11.3 Å². The van der Waals surface area contributed by atoms with Gasteiger partial charge in [-0.25, -0.2) is 4.39 Å². The molecule has 1 heterocycles. The van der Waals surface area contributed by atoms with E-state index in [2.05, 4.69) is 31.3 Å². The minimum atomic E-state index is -0.112. The van der Waals surface area contributed by atoms with E-state index in [1.165, 1.54) is 15.8 Å². The maximum atomic E-state index is 13.4. The van der Waals surface area contributed by atoms with Gasteiger partial charge in [-0.15, -0.1) is 11.3 Å². The highest BCUT2D eigenvalue weighted by Crippen LogP contribution is 2.22. The molecule has 0 radical (unpaired) electrons. The fraction of sp³-hybridized carbons (Fsp3) is 0.333. The fourth-order valence-electron chi connectivity index (χ4n) is 1.91. The van der Waals surface area contributed by atoms with Crippen LogP contribution in [0.1, 0.15) is 28.3 Å². The molecular weight excluding hydrogens is 245 g/mol. The summed E-state index contributed by atoms with van der Waals surface area (Å²) in [6.07, 6.45) is 0.724. The lowest BCUT2D eigenvalue weighted by atomic mass is 10.1. The van der Waals surface area contributed by atoms with Gasteiger partial charge in [-0.2, -0.15) is 0 Å².